The molecule has 1 aromatic carbocycles. The van der Waals surface area contributed by atoms with Gasteiger partial charge in [-0.15, -0.1) is 11.3 Å². The molecule has 0 saturated heterocycles. The van der Waals surface area contributed by atoms with E-state index in [-0.39, 0.29) is 5.41 Å². The number of hydrogen-bond acceptors (Lipinski definition) is 4. The van der Waals surface area contributed by atoms with Crippen LogP contribution in [-0.2, 0) is 6.42 Å². The predicted molar refractivity (Wildman–Crippen MR) is 83.1 cm³/mol. The number of rotatable bonds is 6. The average molecular weight is 288 g/mol. The SMILES string of the molecule is CCc1cnc(-c2ccc(OCC3(CN)CC3)cc2)s1. The van der Waals surface area contributed by atoms with Crippen molar-refractivity contribution in [2.24, 2.45) is 11.1 Å². The van der Waals surface area contributed by atoms with Gasteiger partial charge in [-0.05, 0) is 43.5 Å². The van der Waals surface area contributed by atoms with Gasteiger partial charge in [-0.3, -0.25) is 0 Å². The highest BCUT2D eigenvalue weighted by molar-refractivity contribution is 7.15. The van der Waals surface area contributed by atoms with Crippen LogP contribution >= 0.6 is 11.3 Å². The van der Waals surface area contributed by atoms with Gasteiger partial charge in [-0.1, -0.05) is 6.92 Å². The predicted octanol–water partition coefficient (Wildman–Crippen LogP) is 3.49. The van der Waals surface area contributed by atoms with Gasteiger partial charge >= 0.3 is 0 Å². The first-order valence-electron chi connectivity index (χ1n) is 7.13. The summed E-state index contributed by atoms with van der Waals surface area (Å²) in [6.07, 6.45) is 5.39. The lowest BCUT2D eigenvalue weighted by atomic mass is 10.1. The number of ether oxygens (including phenoxy) is 1. The summed E-state index contributed by atoms with van der Waals surface area (Å²) < 4.78 is 5.84. The van der Waals surface area contributed by atoms with Crippen LogP contribution in [0.2, 0.25) is 0 Å². The van der Waals surface area contributed by atoms with E-state index in [0.29, 0.717) is 0 Å². The highest BCUT2D eigenvalue weighted by Crippen LogP contribution is 2.44. The Hall–Kier alpha value is -1.39. The third-order valence-electron chi connectivity index (χ3n) is 3.94. The molecule has 1 heterocycles. The first-order valence-corrected chi connectivity index (χ1v) is 7.94. The monoisotopic (exact) mass is 288 g/mol. The molecule has 106 valence electrons. The van der Waals surface area contributed by atoms with Gasteiger partial charge in [0.15, 0.2) is 0 Å². The topological polar surface area (TPSA) is 48.1 Å². The van der Waals surface area contributed by atoms with Gasteiger partial charge in [0.1, 0.15) is 10.8 Å². The fourth-order valence-corrected chi connectivity index (χ4v) is 2.98. The minimum absolute atomic E-state index is 0.254. The fourth-order valence-electron chi connectivity index (χ4n) is 2.12. The van der Waals surface area contributed by atoms with E-state index in [9.17, 15) is 0 Å². The van der Waals surface area contributed by atoms with Crippen LogP contribution in [0.25, 0.3) is 10.6 Å². The fraction of sp³-hybridized carbons (Fsp3) is 0.438. The number of benzene rings is 1. The molecule has 20 heavy (non-hydrogen) atoms. The first kappa shape index (κ1) is 13.6. The highest BCUT2D eigenvalue weighted by Gasteiger charge is 2.42. The number of nitrogens with two attached hydrogens (primary N) is 1. The normalized spacial score (nSPS) is 16.1. The molecule has 1 aliphatic rings. The molecule has 1 fully saturated rings. The Morgan fingerprint density at radius 2 is 2.05 bits per heavy atom. The number of aromatic nitrogens is 1. The zero-order chi connectivity index (χ0) is 14.0. The number of hydrogen-bond donors (Lipinski definition) is 1. The molecule has 2 aromatic rings. The molecule has 1 aromatic heterocycles. The average Bonchev–Trinajstić information content (AvgIpc) is 3.13. The standard InChI is InChI=1S/C16H20N2OS/c1-2-14-9-18-15(20-14)12-3-5-13(6-4-12)19-11-16(10-17)7-8-16/h3-6,9H,2,7-8,10-11,17H2,1H3. The second kappa shape index (κ2) is 5.54. The van der Waals surface area contributed by atoms with Crippen molar-refractivity contribution < 1.29 is 4.74 Å². The lowest BCUT2D eigenvalue weighted by molar-refractivity contribution is 0.239. The van der Waals surface area contributed by atoms with Gasteiger partial charge < -0.3 is 10.5 Å². The lowest BCUT2D eigenvalue weighted by Crippen LogP contribution is -2.22. The Labute approximate surface area is 123 Å². The summed E-state index contributed by atoms with van der Waals surface area (Å²) in [6.45, 7) is 3.61. The maximum absolute atomic E-state index is 5.84. The van der Waals surface area contributed by atoms with Crippen LogP contribution in [0.3, 0.4) is 0 Å². The van der Waals surface area contributed by atoms with Crippen molar-refractivity contribution in [3.05, 3.63) is 35.3 Å². The van der Waals surface area contributed by atoms with Crippen LogP contribution in [0, 0.1) is 5.41 Å². The van der Waals surface area contributed by atoms with Crippen molar-refractivity contribution >= 4 is 11.3 Å². The molecule has 0 aliphatic heterocycles. The van der Waals surface area contributed by atoms with Crippen molar-refractivity contribution in [1.29, 1.82) is 0 Å². The third kappa shape index (κ3) is 2.86. The lowest BCUT2D eigenvalue weighted by Gasteiger charge is -2.13. The molecule has 0 radical (unpaired) electrons. The highest BCUT2D eigenvalue weighted by atomic mass is 32.1. The molecule has 2 N–H and O–H groups in total. The van der Waals surface area contributed by atoms with E-state index in [0.717, 1.165) is 35.9 Å². The summed E-state index contributed by atoms with van der Waals surface area (Å²) in [7, 11) is 0. The zero-order valence-corrected chi connectivity index (χ0v) is 12.6. The van der Waals surface area contributed by atoms with Crippen molar-refractivity contribution in [2.75, 3.05) is 13.2 Å². The number of aryl methyl sites for hydroxylation is 1. The Bertz CT molecular complexity index is 572. The first-order chi connectivity index (χ1) is 9.74. The summed E-state index contributed by atoms with van der Waals surface area (Å²) in [5.41, 5.74) is 7.17. The Balaban J connectivity index is 1.65. The van der Waals surface area contributed by atoms with Crippen molar-refractivity contribution in [2.45, 2.75) is 26.2 Å². The van der Waals surface area contributed by atoms with Crippen molar-refractivity contribution in [1.82, 2.24) is 4.98 Å². The second-order valence-corrected chi connectivity index (χ2v) is 6.62. The van der Waals surface area contributed by atoms with E-state index >= 15 is 0 Å². The van der Waals surface area contributed by atoms with Crippen LogP contribution < -0.4 is 10.5 Å². The summed E-state index contributed by atoms with van der Waals surface area (Å²) >= 11 is 1.75. The third-order valence-corrected chi connectivity index (χ3v) is 5.13. The maximum atomic E-state index is 5.84. The number of thiazole rings is 1. The van der Waals surface area contributed by atoms with Gasteiger partial charge in [0, 0.05) is 28.6 Å². The Morgan fingerprint density at radius 1 is 1.30 bits per heavy atom. The zero-order valence-electron chi connectivity index (χ0n) is 11.8. The quantitative estimate of drug-likeness (QED) is 0.885. The summed E-state index contributed by atoms with van der Waals surface area (Å²) in [4.78, 5) is 5.78. The van der Waals surface area contributed by atoms with Crippen LogP contribution in [0.15, 0.2) is 30.5 Å². The molecule has 0 amide bonds. The van der Waals surface area contributed by atoms with E-state index in [1.165, 1.54) is 17.7 Å². The Morgan fingerprint density at radius 3 is 2.60 bits per heavy atom. The molecule has 3 nitrogen and oxygen atoms in total. The van der Waals surface area contributed by atoms with Crippen molar-refractivity contribution in [3.63, 3.8) is 0 Å². The van der Waals surface area contributed by atoms with Gasteiger partial charge in [0.25, 0.3) is 0 Å². The molecule has 0 bridgehead atoms. The van der Waals surface area contributed by atoms with E-state index in [2.05, 4.69) is 24.0 Å². The van der Waals surface area contributed by atoms with Gasteiger partial charge in [-0.2, -0.15) is 0 Å². The second-order valence-electron chi connectivity index (χ2n) is 5.50. The van der Waals surface area contributed by atoms with Gasteiger partial charge in [0.05, 0.1) is 6.61 Å². The minimum atomic E-state index is 0.254. The minimum Gasteiger partial charge on any atom is -0.493 e. The molecule has 3 rings (SSSR count). The smallest absolute Gasteiger partial charge is 0.123 e. The van der Waals surface area contributed by atoms with Crippen molar-refractivity contribution in [3.8, 4) is 16.3 Å². The van der Waals surface area contributed by atoms with Gasteiger partial charge in [-0.25, -0.2) is 4.98 Å². The van der Waals surface area contributed by atoms with Crippen LogP contribution in [0.5, 0.6) is 5.75 Å². The van der Waals surface area contributed by atoms with Crippen LogP contribution in [-0.4, -0.2) is 18.1 Å². The molecule has 4 heteroatoms. The molecular weight excluding hydrogens is 268 g/mol. The van der Waals surface area contributed by atoms with Crippen LogP contribution in [0.1, 0.15) is 24.6 Å². The molecule has 0 spiro atoms. The maximum Gasteiger partial charge on any atom is 0.123 e. The van der Waals surface area contributed by atoms with E-state index in [1.807, 2.05) is 18.3 Å². The summed E-state index contributed by atoms with van der Waals surface area (Å²) in [5, 5.41) is 1.08. The number of nitrogens with zero attached hydrogens (tertiary/aromatic N) is 1. The van der Waals surface area contributed by atoms with E-state index < -0.39 is 0 Å². The Kier molecular flexibility index (Phi) is 3.76. The molecule has 0 unspecified atom stereocenters. The molecule has 0 atom stereocenters. The summed E-state index contributed by atoms with van der Waals surface area (Å²) in [6, 6.07) is 8.20. The van der Waals surface area contributed by atoms with E-state index in [1.54, 1.807) is 11.3 Å². The largest absolute Gasteiger partial charge is 0.493 e. The van der Waals surface area contributed by atoms with Crippen LogP contribution in [0.4, 0.5) is 0 Å². The molecule has 1 saturated carbocycles. The summed E-state index contributed by atoms with van der Waals surface area (Å²) in [5.74, 6) is 0.917. The molecular formula is C16H20N2OS. The van der Waals surface area contributed by atoms with E-state index in [4.69, 9.17) is 10.5 Å². The van der Waals surface area contributed by atoms with Gasteiger partial charge in [0.2, 0.25) is 0 Å². The molecule has 1 aliphatic carbocycles.